The van der Waals surface area contributed by atoms with E-state index in [0.717, 1.165) is 0 Å². The van der Waals surface area contributed by atoms with Crippen LogP contribution in [0.1, 0.15) is 26.3 Å². The molecule has 4 nitrogen and oxygen atoms in total. The predicted molar refractivity (Wildman–Crippen MR) is 78.4 cm³/mol. The molecule has 0 aliphatic carbocycles. The number of nitrogens with zero attached hydrogens (tertiary/aromatic N) is 1. The minimum absolute atomic E-state index is 0.188. The Kier molecular flexibility index (Phi) is 3.05. The first-order valence-corrected chi connectivity index (χ1v) is 6.97. The van der Waals surface area contributed by atoms with E-state index in [2.05, 4.69) is 34.1 Å². The Morgan fingerprint density at radius 2 is 2.15 bits per heavy atom. The molecule has 1 aliphatic rings. The van der Waals surface area contributed by atoms with Crippen LogP contribution in [0.3, 0.4) is 0 Å². The van der Waals surface area contributed by atoms with Gasteiger partial charge in [-0.25, -0.2) is 0 Å². The van der Waals surface area contributed by atoms with Crippen LogP contribution in [0.4, 0.5) is 0 Å². The maximum absolute atomic E-state index is 12.3. The van der Waals surface area contributed by atoms with Crippen molar-refractivity contribution in [3.05, 3.63) is 36.0 Å². The molecular weight excluding hydrogens is 252 g/mol. The van der Waals surface area contributed by atoms with Crippen LogP contribution in [0.25, 0.3) is 10.9 Å². The van der Waals surface area contributed by atoms with Crippen LogP contribution in [0, 0.1) is 0 Å². The summed E-state index contributed by atoms with van der Waals surface area (Å²) in [6, 6.07) is 8.04. The van der Waals surface area contributed by atoms with Crippen molar-refractivity contribution < 1.29 is 9.53 Å². The molecule has 2 heterocycles. The number of esters is 1. The van der Waals surface area contributed by atoms with Crippen molar-refractivity contribution in [2.75, 3.05) is 0 Å². The molecule has 1 atom stereocenters. The van der Waals surface area contributed by atoms with E-state index in [1.54, 1.807) is 0 Å². The summed E-state index contributed by atoms with van der Waals surface area (Å²) < 4.78 is 7.63. The number of rotatable bonds is 1. The van der Waals surface area contributed by atoms with Crippen LogP contribution in [-0.2, 0) is 22.6 Å². The summed E-state index contributed by atoms with van der Waals surface area (Å²) in [5, 5.41) is 4.52. The first kappa shape index (κ1) is 13.2. The molecule has 2 aromatic rings. The number of carbonyl (C=O) groups excluding carboxylic acids is 1. The van der Waals surface area contributed by atoms with Crippen molar-refractivity contribution in [2.24, 2.45) is 0 Å². The average molecular weight is 272 g/mol. The molecule has 20 heavy (non-hydrogen) atoms. The Labute approximate surface area is 118 Å². The Balaban J connectivity index is 1.89. The molecule has 1 unspecified atom stereocenters. The summed E-state index contributed by atoms with van der Waals surface area (Å²) in [5.41, 5.74) is 1.98. The number of benzene rings is 1. The van der Waals surface area contributed by atoms with Gasteiger partial charge in [-0.2, -0.15) is 0 Å². The summed E-state index contributed by atoms with van der Waals surface area (Å²) in [4.78, 5) is 12.3. The van der Waals surface area contributed by atoms with Gasteiger partial charge in [-0.3, -0.25) is 10.1 Å². The predicted octanol–water partition coefficient (Wildman–Crippen LogP) is 2.45. The number of hydrogen-bond acceptors (Lipinski definition) is 3. The number of para-hydroxylation sites is 1. The maximum atomic E-state index is 12.3. The van der Waals surface area contributed by atoms with Crippen molar-refractivity contribution in [3.8, 4) is 0 Å². The fourth-order valence-corrected chi connectivity index (χ4v) is 2.66. The summed E-state index contributed by atoms with van der Waals surface area (Å²) in [7, 11) is 0. The number of aromatic nitrogens is 1. The van der Waals surface area contributed by atoms with Crippen molar-refractivity contribution in [1.82, 2.24) is 9.88 Å². The van der Waals surface area contributed by atoms with Gasteiger partial charge in [0.1, 0.15) is 11.6 Å². The van der Waals surface area contributed by atoms with E-state index in [4.69, 9.17) is 4.74 Å². The lowest BCUT2D eigenvalue weighted by atomic mass is 10.1. The maximum Gasteiger partial charge on any atom is 0.325 e. The van der Waals surface area contributed by atoms with E-state index in [1.807, 2.05) is 27.0 Å². The molecular formula is C16H20N2O2. The molecule has 106 valence electrons. The quantitative estimate of drug-likeness (QED) is 0.811. The zero-order chi connectivity index (χ0) is 14.3. The monoisotopic (exact) mass is 272 g/mol. The van der Waals surface area contributed by atoms with Crippen molar-refractivity contribution in [2.45, 2.75) is 45.5 Å². The van der Waals surface area contributed by atoms with E-state index in [9.17, 15) is 4.79 Å². The average Bonchev–Trinajstić information content (AvgIpc) is 2.65. The fourth-order valence-electron chi connectivity index (χ4n) is 2.66. The van der Waals surface area contributed by atoms with Crippen molar-refractivity contribution in [1.29, 1.82) is 0 Å². The van der Waals surface area contributed by atoms with Gasteiger partial charge in [0, 0.05) is 19.3 Å². The molecule has 1 N–H and O–H groups in total. The van der Waals surface area contributed by atoms with E-state index in [1.165, 1.54) is 16.5 Å². The van der Waals surface area contributed by atoms with Gasteiger partial charge in [0.25, 0.3) is 0 Å². The lowest BCUT2D eigenvalue weighted by molar-refractivity contribution is -0.157. The van der Waals surface area contributed by atoms with Crippen LogP contribution in [0.15, 0.2) is 30.5 Å². The van der Waals surface area contributed by atoms with E-state index >= 15 is 0 Å². The fraction of sp³-hybridized carbons (Fsp3) is 0.438. The van der Waals surface area contributed by atoms with E-state index in [0.29, 0.717) is 13.1 Å². The van der Waals surface area contributed by atoms with Gasteiger partial charge < -0.3 is 9.30 Å². The zero-order valence-corrected chi connectivity index (χ0v) is 12.1. The highest BCUT2D eigenvalue weighted by Gasteiger charge is 2.27. The Hall–Kier alpha value is -1.81. The molecule has 0 fully saturated rings. The summed E-state index contributed by atoms with van der Waals surface area (Å²) in [5.74, 6) is -0.188. The number of ether oxygens (including phenoxy) is 1. The zero-order valence-electron chi connectivity index (χ0n) is 12.1. The first-order valence-electron chi connectivity index (χ1n) is 6.97. The molecule has 1 aromatic carbocycles. The lowest BCUT2D eigenvalue weighted by Gasteiger charge is -2.24. The second kappa shape index (κ2) is 4.63. The van der Waals surface area contributed by atoms with Crippen LogP contribution in [0.2, 0.25) is 0 Å². The third-order valence-electron chi connectivity index (χ3n) is 3.48. The molecule has 1 aromatic heterocycles. The molecule has 3 rings (SSSR count). The number of carbonyl (C=O) groups is 1. The second-order valence-corrected chi connectivity index (χ2v) is 6.29. The molecule has 0 saturated carbocycles. The Bertz CT molecular complexity index is 652. The summed E-state index contributed by atoms with van der Waals surface area (Å²) >= 11 is 0. The molecule has 4 heteroatoms. The number of hydrogen-bond donors (Lipinski definition) is 1. The summed E-state index contributed by atoms with van der Waals surface area (Å²) in [6.07, 6.45) is 2.04. The van der Waals surface area contributed by atoms with Gasteiger partial charge in [0.15, 0.2) is 0 Å². The molecule has 0 amide bonds. The van der Waals surface area contributed by atoms with Crippen LogP contribution in [0.5, 0.6) is 0 Å². The van der Waals surface area contributed by atoms with Crippen LogP contribution in [-0.4, -0.2) is 22.2 Å². The van der Waals surface area contributed by atoms with Gasteiger partial charge in [0.05, 0.1) is 5.52 Å². The largest absolute Gasteiger partial charge is 0.459 e. The molecule has 1 aliphatic heterocycles. The Morgan fingerprint density at radius 1 is 1.35 bits per heavy atom. The van der Waals surface area contributed by atoms with Crippen molar-refractivity contribution >= 4 is 16.9 Å². The van der Waals surface area contributed by atoms with Gasteiger partial charge in [-0.15, -0.1) is 0 Å². The minimum Gasteiger partial charge on any atom is -0.459 e. The lowest BCUT2D eigenvalue weighted by Crippen LogP contribution is -2.42. The van der Waals surface area contributed by atoms with Gasteiger partial charge >= 0.3 is 5.97 Å². The van der Waals surface area contributed by atoms with E-state index in [-0.39, 0.29) is 12.0 Å². The van der Waals surface area contributed by atoms with Gasteiger partial charge in [-0.1, -0.05) is 18.2 Å². The third-order valence-corrected chi connectivity index (χ3v) is 3.48. The molecule has 0 radical (unpaired) electrons. The topological polar surface area (TPSA) is 43.3 Å². The summed E-state index contributed by atoms with van der Waals surface area (Å²) in [6.45, 7) is 6.97. The van der Waals surface area contributed by atoms with Crippen LogP contribution >= 0.6 is 0 Å². The number of nitrogens with one attached hydrogen (secondary N) is 1. The van der Waals surface area contributed by atoms with Crippen molar-refractivity contribution in [3.63, 3.8) is 0 Å². The SMILES string of the molecule is CC(C)(C)OC(=O)C1Cn2ccc3cccc(c32)CN1. The minimum atomic E-state index is -0.454. The van der Waals surface area contributed by atoms with Gasteiger partial charge in [0.2, 0.25) is 0 Å². The molecule has 0 bridgehead atoms. The smallest absolute Gasteiger partial charge is 0.325 e. The van der Waals surface area contributed by atoms with E-state index < -0.39 is 5.60 Å². The third kappa shape index (κ3) is 2.43. The molecule has 0 saturated heterocycles. The highest BCUT2D eigenvalue weighted by atomic mass is 16.6. The second-order valence-electron chi connectivity index (χ2n) is 6.29. The molecule has 0 spiro atoms. The first-order chi connectivity index (χ1) is 9.44. The normalized spacial score (nSPS) is 18.9. The highest BCUT2D eigenvalue weighted by molar-refractivity contribution is 5.84. The Morgan fingerprint density at radius 3 is 2.90 bits per heavy atom. The van der Waals surface area contributed by atoms with Crippen LogP contribution < -0.4 is 5.32 Å². The van der Waals surface area contributed by atoms with Gasteiger partial charge in [-0.05, 0) is 37.8 Å². The highest BCUT2D eigenvalue weighted by Crippen LogP contribution is 2.23. The standard InChI is InChI=1S/C16H20N2O2/c1-16(2,3)20-15(19)13-10-18-8-7-11-5-4-6-12(9-17-13)14(11)18/h4-8,13,17H,9-10H2,1-3H3.